The molecule has 0 spiro atoms. The highest BCUT2D eigenvalue weighted by molar-refractivity contribution is 5.78. The molecule has 1 amide bonds. The van der Waals surface area contributed by atoms with Crippen LogP contribution in [0.4, 0.5) is 0 Å². The Morgan fingerprint density at radius 2 is 1.85 bits per heavy atom. The number of amides is 1. The highest BCUT2D eigenvalue weighted by Crippen LogP contribution is 2.20. The molecule has 3 rings (SSSR count). The number of hydrogen-bond donors (Lipinski definition) is 1. The van der Waals surface area contributed by atoms with Gasteiger partial charge in [-0.15, -0.1) is 0 Å². The molecule has 3 aromatic rings. The zero-order chi connectivity index (χ0) is 18.7. The standard InChI is InChI=1S/C21H23N3O2/c1-14-8-10-16(11-9-14)15(2)24(3)20(25)13-12-19-22-18-7-5-4-6-17(18)21(26)23-19/h4-11,15H,12-13H2,1-3H3,(H,22,23,26). The van der Waals surface area contributed by atoms with Gasteiger partial charge in [-0.1, -0.05) is 42.0 Å². The first-order valence-electron chi connectivity index (χ1n) is 8.76. The van der Waals surface area contributed by atoms with Gasteiger partial charge in [0.15, 0.2) is 0 Å². The Balaban J connectivity index is 1.68. The van der Waals surface area contributed by atoms with Gasteiger partial charge >= 0.3 is 0 Å². The summed E-state index contributed by atoms with van der Waals surface area (Å²) in [6.45, 7) is 4.05. The molecule has 0 saturated heterocycles. The van der Waals surface area contributed by atoms with E-state index in [2.05, 4.69) is 9.97 Å². The number of rotatable bonds is 5. The lowest BCUT2D eigenvalue weighted by atomic mass is 10.1. The van der Waals surface area contributed by atoms with Crippen LogP contribution in [-0.4, -0.2) is 27.8 Å². The van der Waals surface area contributed by atoms with E-state index in [1.54, 1.807) is 11.0 Å². The molecule has 134 valence electrons. The highest BCUT2D eigenvalue weighted by atomic mass is 16.2. The molecule has 0 aliphatic heterocycles. The summed E-state index contributed by atoms with van der Waals surface area (Å²) >= 11 is 0. The number of aromatic amines is 1. The van der Waals surface area contributed by atoms with Gasteiger partial charge in [-0.25, -0.2) is 4.98 Å². The second-order valence-corrected chi connectivity index (χ2v) is 6.62. The van der Waals surface area contributed by atoms with Crippen LogP contribution in [0.2, 0.25) is 0 Å². The van der Waals surface area contributed by atoms with Crippen molar-refractivity contribution in [2.24, 2.45) is 0 Å². The Morgan fingerprint density at radius 1 is 1.15 bits per heavy atom. The van der Waals surface area contributed by atoms with Crippen LogP contribution in [-0.2, 0) is 11.2 Å². The summed E-state index contributed by atoms with van der Waals surface area (Å²) in [4.78, 5) is 33.6. The number of aromatic nitrogens is 2. The van der Waals surface area contributed by atoms with E-state index in [1.165, 1.54) is 5.56 Å². The van der Waals surface area contributed by atoms with E-state index in [4.69, 9.17) is 0 Å². The summed E-state index contributed by atoms with van der Waals surface area (Å²) in [5.74, 6) is 0.562. The molecule has 0 radical (unpaired) electrons. The molecule has 0 aliphatic carbocycles. The summed E-state index contributed by atoms with van der Waals surface area (Å²) in [5.41, 5.74) is 2.78. The van der Waals surface area contributed by atoms with Crippen LogP contribution < -0.4 is 5.56 Å². The Bertz CT molecular complexity index is 976. The van der Waals surface area contributed by atoms with Crippen molar-refractivity contribution in [2.75, 3.05) is 7.05 Å². The number of para-hydroxylation sites is 1. The fourth-order valence-corrected chi connectivity index (χ4v) is 2.94. The van der Waals surface area contributed by atoms with E-state index in [0.717, 1.165) is 5.56 Å². The van der Waals surface area contributed by atoms with Gasteiger partial charge in [0.05, 0.1) is 16.9 Å². The number of aryl methyl sites for hydroxylation is 2. The van der Waals surface area contributed by atoms with Crippen LogP contribution in [0.1, 0.15) is 36.3 Å². The van der Waals surface area contributed by atoms with Crippen LogP contribution in [0.15, 0.2) is 53.3 Å². The molecule has 0 saturated carbocycles. The average molecular weight is 349 g/mol. The Labute approximate surface area is 152 Å². The predicted molar refractivity (Wildman–Crippen MR) is 103 cm³/mol. The number of benzene rings is 2. The molecule has 1 N–H and O–H groups in total. The summed E-state index contributed by atoms with van der Waals surface area (Å²) in [7, 11) is 1.81. The van der Waals surface area contributed by atoms with Crippen LogP contribution in [0.3, 0.4) is 0 Å². The molecule has 5 nitrogen and oxygen atoms in total. The molecular weight excluding hydrogens is 326 g/mol. The number of carbonyl (C=O) groups excluding carboxylic acids is 1. The molecule has 0 bridgehead atoms. The first kappa shape index (κ1) is 17.9. The van der Waals surface area contributed by atoms with Gasteiger partial charge in [0.1, 0.15) is 5.82 Å². The zero-order valence-electron chi connectivity index (χ0n) is 15.3. The molecule has 2 aromatic carbocycles. The fourth-order valence-electron chi connectivity index (χ4n) is 2.94. The minimum absolute atomic E-state index is 0.00767. The zero-order valence-corrected chi connectivity index (χ0v) is 15.3. The number of nitrogens with zero attached hydrogens (tertiary/aromatic N) is 2. The van der Waals surface area contributed by atoms with Gasteiger partial charge < -0.3 is 9.88 Å². The van der Waals surface area contributed by atoms with E-state index in [-0.39, 0.29) is 17.5 Å². The smallest absolute Gasteiger partial charge is 0.258 e. The van der Waals surface area contributed by atoms with Gasteiger partial charge in [-0.2, -0.15) is 0 Å². The van der Waals surface area contributed by atoms with Gasteiger partial charge in [0.2, 0.25) is 5.91 Å². The van der Waals surface area contributed by atoms with E-state index in [1.807, 2.05) is 63.4 Å². The monoisotopic (exact) mass is 349 g/mol. The Hall–Kier alpha value is -2.95. The third kappa shape index (κ3) is 3.82. The van der Waals surface area contributed by atoms with E-state index < -0.39 is 0 Å². The number of carbonyl (C=O) groups is 1. The summed E-state index contributed by atoms with van der Waals surface area (Å²) < 4.78 is 0. The first-order valence-corrected chi connectivity index (χ1v) is 8.76. The molecule has 26 heavy (non-hydrogen) atoms. The molecule has 5 heteroatoms. The average Bonchev–Trinajstić information content (AvgIpc) is 2.65. The van der Waals surface area contributed by atoms with Gasteiger partial charge in [0.25, 0.3) is 5.56 Å². The van der Waals surface area contributed by atoms with Crippen molar-refractivity contribution in [1.29, 1.82) is 0 Å². The van der Waals surface area contributed by atoms with Crippen LogP contribution in [0, 0.1) is 6.92 Å². The number of hydrogen-bond acceptors (Lipinski definition) is 3. The number of nitrogens with one attached hydrogen (secondary N) is 1. The topological polar surface area (TPSA) is 66.1 Å². The molecule has 1 unspecified atom stereocenters. The maximum absolute atomic E-state index is 12.6. The minimum Gasteiger partial charge on any atom is -0.339 e. The lowest BCUT2D eigenvalue weighted by Gasteiger charge is -2.25. The van der Waals surface area contributed by atoms with Crippen molar-refractivity contribution >= 4 is 16.8 Å². The number of fused-ring (bicyclic) bond motifs is 1. The van der Waals surface area contributed by atoms with Crippen LogP contribution in [0.25, 0.3) is 10.9 Å². The molecule has 0 fully saturated rings. The summed E-state index contributed by atoms with van der Waals surface area (Å²) in [5, 5.41) is 0.563. The molecule has 1 heterocycles. The predicted octanol–water partition coefficient (Wildman–Crippen LogP) is 3.38. The highest BCUT2D eigenvalue weighted by Gasteiger charge is 2.17. The van der Waals surface area contributed by atoms with Crippen molar-refractivity contribution in [3.05, 3.63) is 75.8 Å². The van der Waals surface area contributed by atoms with E-state index in [0.29, 0.717) is 29.6 Å². The first-order chi connectivity index (χ1) is 12.5. The van der Waals surface area contributed by atoms with Gasteiger partial charge in [0, 0.05) is 19.9 Å². The second-order valence-electron chi connectivity index (χ2n) is 6.62. The maximum atomic E-state index is 12.6. The summed E-state index contributed by atoms with van der Waals surface area (Å²) in [6, 6.07) is 15.4. The van der Waals surface area contributed by atoms with Crippen molar-refractivity contribution in [3.63, 3.8) is 0 Å². The van der Waals surface area contributed by atoms with E-state index >= 15 is 0 Å². The normalized spacial score (nSPS) is 12.1. The third-order valence-corrected chi connectivity index (χ3v) is 4.77. The van der Waals surface area contributed by atoms with Crippen molar-refractivity contribution in [3.8, 4) is 0 Å². The van der Waals surface area contributed by atoms with Gasteiger partial charge in [-0.3, -0.25) is 9.59 Å². The van der Waals surface area contributed by atoms with Crippen LogP contribution in [0.5, 0.6) is 0 Å². The third-order valence-electron chi connectivity index (χ3n) is 4.77. The lowest BCUT2D eigenvalue weighted by Crippen LogP contribution is -2.30. The maximum Gasteiger partial charge on any atom is 0.258 e. The van der Waals surface area contributed by atoms with Crippen LogP contribution >= 0.6 is 0 Å². The summed E-state index contributed by atoms with van der Waals surface area (Å²) in [6.07, 6.45) is 0.706. The lowest BCUT2D eigenvalue weighted by molar-refractivity contribution is -0.131. The minimum atomic E-state index is -0.167. The fraction of sp³-hybridized carbons (Fsp3) is 0.286. The largest absolute Gasteiger partial charge is 0.339 e. The molecular formula is C21H23N3O2. The molecule has 1 aromatic heterocycles. The SMILES string of the molecule is Cc1ccc(C(C)N(C)C(=O)CCc2nc3ccccc3c(=O)[nH]2)cc1. The van der Waals surface area contributed by atoms with Crippen molar-refractivity contribution in [2.45, 2.75) is 32.7 Å². The Morgan fingerprint density at radius 3 is 2.58 bits per heavy atom. The van der Waals surface area contributed by atoms with E-state index in [9.17, 15) is 9.59 Å². The molecule has 1 atom stereocenters. The Kier molecular flexibility index (Phi) is 5.16. The number of H-pyrrole nitrogens is 1. The van der Waals surface area contributed by atoms with Gasteiger partial charge in [-0.05, 0) is 31.5 Å². The van der Waals surface area contributed by atoms with Crippen molar-refractivity contribution in [1.82, 2.24) is 14.9 Å². The van der Waals surface area contributed by atoms with Crippen molar-refractivity contribution < 1.29 is 4.79 Å². The molecule has 0 aliphatic rings. The quantitative estimate of drug-likeness (QED) is 0.768. The second kappa shape index (κ2) is 7.52.